The zero-order valence-corrected chi connectivity index (χ0v) is 28.5. The summed E-state index contributed by atoms with van der Waals surface area (Å²) in [6.45, 7) is 16.4. The van der Waals surface area contributed by atoms with Crippen LogP contribution in [0.1, 0.15) is 73.9 Å². The second-order valence-corrected chi connectivity index (χ2v) is 14.9. The fraction of sp³-hybridized carbons (Fsp3) is 0.455. The van der Waals surface area contributed by atoms with Crippen LogP contribution in [-0.4, -0.2) is 50.1 Å². The Morgan fingerprint density at radius 3 is 2.07 bits per heavy atom. The van der Waals surface area contributed by atoms with Crippen molar-refractivity contribution in [2.45, 2.75) is 74.5 Å². The first kappa shape index (κ1) is 35.3. The number of fused-ring (bicyclic) bond motifs is 1. The first-order valence-corrected chi connectivity index (χ1v) is 16.6. The lowest BCUT2D eigenvalue weighted by Crippen LogP contribution is -2.48. The van der Waals surface area contributed by atoms with Crippen molar-refractivity contribution in [1.29, 1.82) is 0 Å². The molecule has 0 bridgehead atoms. The van der Waals surface area contributed by atoms with E-state index in [4.69, 9.17) is 9.47 Å². The summed E-state index contributed by atoms with van der Waals surface area (Å²) in [5.74, 6) is -0.487. The smallest absolute Gasteiger partial charge is 0.260 e. The highest BCUT2D eigenvalue weighted by molar-refractivity contribution is 7.89. The van der Waals surface area contributed by atoms with E-state index >= 15 is 0 Å². The van der Waals surface area contributed by atoms with Gasteiger partial charge in [0.05, 0.1) is 19.0 Å². The Morgan fingerprint density at radius 2 is 1.53 bits per heavy atom. The Hall–Kier alpha value is -4.19. The zero-order chi connectivity index (χ0) is 33.9. The number of carbonyl (C=O) groups excluding carboxylic acids is 3. The quantitative estimate of drug-likeness (QED) is 0.289. The SMILES string of the molecule is CCOc1cc(C(Nc2ccc3c(N(C(=O)C(C)(C)C)C(=O)C(C)(C)C)nccc3c2)C(=O)NS(C)(=O)=O)ccc1OC(C)C. The van der Waals surface area contributed by atoms with Gasteiger partial charge in [-0.2, -0.15) is 0 Å². The monoisotopic (exact) mass is 640 g/mol. The third-order valence-electron chi connectivity index (χ3n) is 6.47. The number of nitrogens with one attached hydrogen (secondary N) is 2. The molecule has 1 aromatic heterocycles. The van der Waals surface area contributed by atoms with E-state index in [1.807, 2.05) is 20.8 Å². The van der Waals surface area contributed by atoms with Gasteiger partial charge in [-0.3, -0.25) is 19.1 Å². The van der Waals surface area contributed by atoms with Crippen molar-refractivity contribution >= 4 is 50.0 Å². The molecular weight excluding hydrogens is 596 g/mol. The largest absolute Gasteiger partial charge is 0.490 e. The molecule has 0 aliphatic carbocycles. The number of amides is 3. The van der Waals surface area contributed by atoms with Crippen molar-refractivity contribution in [3.05, 3.63) is 54.2 Å². The molecule has 1 unspecified atom stereocenters. The van der Waals surface area contributed by atoms with E-state index in [9.17, 15) is 22.8 Å². The van der Waals surface area contributed by atoms with Crippen LogP contribution < -0.4 is 24.4 Å². The lowest BCUT2D eigenvalue weighted by Gasteiger charge is -2.32. The number of hydrogen-bond donors (Lipinski definition) is 2. The number of carbonyl (C=O) groups is 3. The normalized spacial score (nSPS) is 12.9. The van der Waals surface area contributed by atoms with Crippen LogP contribution >= 0.6 is 0 Å². The van der Waals surface area contributed by atoms with Crippen molar-refractivity contribution in [3.8, 4) is 11.5 Å². The highest BCUT2D eigenvalue weighted by atomic mass is 32.2. The summed E-state index contributed by atoms with van der Waals surface area (Å²) in [5.41, 5.74) is -0.806. The zero-order valence-electron chi connectivity index (χ0n) is 27.6. The van der Waals surface area contributed by atoms with Crippen LogP contribution in [0.15, 0.2) is 48.7 Å². The Labute approximate surface area is 265 Å². The van der Waals surface area contributed by atoms with Crippen LogP contribution in [0, 0.1) is 10.8 Å². The Bertz CT molecular complexity index is 1660. The van der Waals surface area contributed by atoms with Gasteiger partial charge in [0, 0.05) is 28.1 Å². The number of hydrogen-bond acceptors (Lipinski definition) is 9. The number of sulfonamides is 1. The molecule has 0 aliphatic rings. The Morgan fingerprint density at radius 1 is 0.911 bits per heavy atom. The summed E-state index contributed by atoms with van der Waals surface area (Å²) in [6, 6.07) is 10.7. The maximum Gasteiger partial charge on any atom is 0.260 e. The van der Waals surface area contributed by atoms with Gasteiger partial charge < -0.3 is 14.8 Å². The standard InChI is InChI=1S/C33H44N4O7S/c1-11-43-26-19-22(12-15-25(26)44-20(2)3)27(29(38)36-45(10,41)42)35-23-13-14-24-21(18-23)16-17-34-28(24)37(30(39)32(4,5)6)31(40)33(7,8)9/h12-20,27,35H,11H2,1-10H3,(H,36,38). The third kappa shape index (κ3) is 8.93. The Kier molecular flexibility index (Phi) is 10.5. The molecule has 0 fully saturated rings. The van der Waals surface area contributed by atoms with Crippen molar-refractivity contribution in [1.82, 2.24) is 9.71 Å². The van der Waals surface area contributed by atoms with Gasteiger partial charge >= 0.3 is 0 Å². The second-order valence-electron chi connectivity index (χ2n) is 13.1. The van der Waals surface area contributed by atoms with Crippen LogP contribution in [0.5, 0.6) is 11.5 Å². The maximum absolute atomic E-state index is 13.6. The van der Waals surface area contributed by atoms with Gasteiger partial charge in [-0.25, -0.2) is 18.3 Å². The van der Waals surface area contributed by atoms with Crippen LogP contribution in [-0.2, 0) is 24.4 Å². The lowest BCUT2D eigenvalue weighted by molar-refractivity contribution is -0.134. The number of imide groups is 1. The molecule has 0 spiro atoms. The second kappa shape index (κ2) is 13.4. The third-order valence-corrected chi connectivity index (χ3v) is 7.04. The molecule has 1 heterocycles. The topological polar surface area (TPSA) is 144 Å². The minimum atomic E-state index is -3.88. The fourth-order valence-electron chi connectivity index (χ4n) is 4.42. The molecule has 3 rings (SSSR count). The summed E-state index contributed by atoms with van der Waals surface area (Å²) in [7, 11) is -3.88. The van der Waals surface area contributed by atoms with Crippen molar-refractivity contribution in [3.63, 3.8) is 0 Å². The molecule has 1 atom stereocenters. The van der Waals surface area contributed by atoms with Gasteiger partial charge in [-0.1, -0.05) is 47.6 Å². The van der Waals surface area contributed by atoms with Gasteiger partial charge in [0.1, 0.15) is 11.9 Å². The number of rotatable bonds is 10. The summed E-state index contributed by atoms with van der Waals surface area (Å²) in [4.78, 5) is 46.0. The predicted octanol–water partition coefficient (Wildman–Crippen LogP) is 5.60. The minimum Gasteiger partial charge on any atom is -0.490 e. The molecule has 3 aromatic rings. The van der Waals surface area contributed by atoms with E-state index in [0.717, 1.165) is 11.2 Å². The van der Waals surface area contributed by atoms with Gasteiger partial charge in [0.2, 0.25) is 21.8 Å². The van der Waals surface area contributed by atoms with E-state index in [1.165, 1.54) is 6.20 Å². The average molecular weight is 641 g/mol. The van der Waals surface area contributed by atoms with Crippen LogP contribution in [0.4, 0.5) is 11.5 Å². The van der Waals surface area contributed by atoms with E-state index in [-0.39, 0.29) is 11.9 Å². The first-order chi connectivity index (χ1) is 20.7. The summed E-state index contributed by atoms with van der Waals surface area (Å²) >= 11 is 0. The molecule has 11 nitrogen and oxygen atoms in total. The molecule has 2 N–H and O–H groups in total. The van der Waals surface area contributed by atoms with E-state index in [0.29, 0.717) is 40.1 Å². The summed E-state index contributed by atoms with van der Waals surface area (Å²) in [5, 5.41) is 4.32. The number of benzene rings is 2. The fourth-order valence-corrected chi connectivity index (χ4v) is 4.90. The summed E-state index contributed by atoms with van der Waals surface area (Å²) in [6.07, 6.45) is 2.29. The summed E-state index contributed by atoms with van der Waals surface area (Å²) < 4.78 is 37.7. The van der Waals surface area contributed by atoms with Gasteiger partial charge in [-0.15, -0.1) is 0 Å². The van der Waals surface area contributed by atoms with Crippen molar-refractivity contribution in [2.24, 2.45) is 10.8 Å². The number of aromatic nitrogens is 1. The minimum absolute atomic E-state index is 0.122. The van der Waals surface area contributed by atoms with E-state index in [1.54, 1.807) is 84.0 Å². The molecular formula is C33H44N4O7S. The van der Waals surface area contributed by atoms with Crippen molar-refractivity contribution in [2.75, 3.05) is 23.1 Å². The highest BCUT2D eigenvalue weighted by Crippen LogP contribution is 2.36. The number of nitrogens with zero attached hydrogens (tertiary/aromatic N) is 2. The molecule has 0 saturated carbocycles. The first-order valence-electron chi connectivity index (χ1n) is 14.7. The maximum atomic E-state index is 13.6. The average Bonchev–Trinajstić information content (AvgIpc) is 2.90. The predicted molar refractivity (Wildman–Crippen MR) is 176 cm³/mol. The van der Waals surface area contributed by atoms with Crippen molar-refractivity contribution < 1.29 is 32.3 Å². The van der Waals surface area contributed by atoms with Crippen LogP contribution in [0.25, 0.3) is 10.8 Å². The molecule has 45 heavy (non-hydrogen) atoms. The highest BCUT2D eigenvalue weighted by Gasteiger charge is 2.39. The number of anilines is 2. The molecule has 0 radical (unpaired) electrons. The van der Waals surface area contributed by atoms with E-state index in [2.05, 4.69) is 15.0 Å². The number of ether oxygens (including phenoxy) is 2. The van der Waals surface area contributed by atoms with Crippen LogP contribution in [0.3, 0.4) is 0 Å². The van der Waals surface area contributed by atoms with Gasteiger partial charge in [0.15, 0.2) is 11.5 Å². The van der Waals surface area contributed by atoms with Crippen LogP contribution in [0.2, 0.25) is 0 Å². The lowest BCUT2D eigenvalue weighted by atomic mass is 9.90. The number of pyridine rings is 1. The van der Waals surface area contributed by atoms with Gasteiger partial charge in [-0.05, 0) is 68.1 Å². The molecule has 244 valence electrons. The molecule has 3 amide bonds. The molecule has 0 saturated heterocycles. The van der Waals surface area contributed by atoms with Gasteiger partial charge in [0.25, 0.3) is 5.91 Å². The Balaban J connectivity index is 2.13. The molecule has 12 heteroatoms. The molecule has 2 aromatic carbocycles. The van der Waals surface area contributed by atoms with E-state index < -0.39 is 44.6 Å². The molecule has 0 aliphatic heterocycles.